The average Bonchev–Trinajstić information content (AvgIpc) is 3.17. The van der Waals surface area contributed by atoms with Crippen LogP contribution in [0, 0.1) is 3.70 Å². The highest BCUT2D eigenvalue weighted by Crippen LogP contribution is 2.35. The van der Waals surface area contributed by atoms with Crippen molar-refractivity contribution in [1.29, 1.82) is 0 Å². The highest BCUT2D eigenvalue weighted by Gasteiger charge is 2.39. The molecular weight excluding hydrogens is 461 g/mol. The van der Waals surface area contributed by atoms with Crippen molar-refractivity contribution in [3.8, 4) is 0 Å². The number of hydrogen-bond donors (Lipinski definition) is 1. The lowest BCUT2D eigenvalue weighted by atomic mass is 10.1. The van der Waals surface area contributed by atoms with Crippen molar-refractivity contribution >= 4 is 45.3 Å². The number of carbonyl (C=O) groups excluding carboxylic acids is 1. The number of ether oxygens (including phenoxy) is 2. The Balaban J connectivity index is 1.60. The van der Waals surface area contributed by atoms with Crippen LogP contribution in [-0.4, -0.2) is 77.1 Å². The van der Waals surface area contributed by atoms with Crippen LogP contribution in [0.5, 0.6) is 0 Å². The van der Waals surface area contributed by atoms with Crippen LogP contribution in [0.15, 0.2) is 6.07 Å². The van der Waals surface area contributed by atoms with Crippen LogP contribution in [0.2, 0.25) is 0 Å². The van der Waals surface area contributed by atoms with Gasteiger partial charge in [0, 0.05) is 6.54 Å². The average molecular weight is 483 g/mol. The number of carbonyl (C=O) groups is 1. The SMILES string of the molecule is CC1COCCN1C(=O)c1cc(N2C3CCC2COC3)nc2n[nH]c(I)c12. The maximum absolute atomic E-state index is 13.4. The smallest absolute Gasteiger partial charge is 0.255 e. The number of pyridine rings is 1. The van der Waals surface area contributed by atoms with Crippen molar-refractivity contribution in [2.75, 3.05) is 37.9 Å². The molecule has 0 saturated carbocycles. The molecule has 2 aromatic rings. The molecule has 27 heavy (non-hydrogen) atoms. The third kappa shape index (κ3) is 2.90. The number of hydrogen-bond acceptors (Lipinski definition) is 6. The molecular formula is C18H22IN5O3. The van der Waals surface area contributed by atoms with Crippen LogP contribution >= 0.6 is 22.6 Å². The molecule has 144 valence electrons. The van der Waals surface area contributed by atoms with Crippen molar-refractivity contribution in [2.45, 2.75) is 37.9 Å². The first kappa shape index (κ1) is 17.6. The van der Waals surface area contributed by atoms with Gasteiger partial charge in [-0.2, -0.15) is 5.10 Å². The number of rotatable bonds is 2. The first-order chi connectivity index (χ1) is 13.1. The van der Waals surface area contributed by atoms with Gasteiger partial charge in [-0.3, -0.25) is 9.89 Å². The van der Waals surface area contributed by atoms with Gasteiger partial charge in [0.05, 0.1) is 55.5 Å². The maximum Gasteiger partial charge on any atom is 0.255 e. The van der Waals surface area contributed by atoms with Crippen LogP contribution in [-0.2, 0) is 9.47 Å². The lowest BCUT2D eigenvalue weighted by Gasteiger charge is -2.36. The number of halogens is 1. The van der Waals surface area contributed by atoms with Gasteiger partial charge in [-0.25, -0.2) is 4.98 Å². The quantitative estimate of drug-likeness (QED) is 0.657. The molecule has 3 aliphatic rings. The topological polar surface area (TPSA) is 83.6 Å². The molecule has 1 N–H and O–H groups in total. The van der Waals surface area contributed by atoms with Crippen molar-refractivity contribution in [1.82, 2.24) is 20.1 Å². The number of anilines is 1. The van der Waals surface area contributed by atoms with Gasteiger partial charge in [0.25, 0.3) is 5.91 Å². The van der Waals surface area contributed by atoms with Crippen LogP contribution < -0.4 is 4.90 Å². The lowest BCUT2D eigenvalue weighted by Crippen LogP contribution is -2.48. The minimum atomic E-state index is 0.0272. The first-order valence-corrected chi connectivity index (χ1v) is 10.5. The van der Waals surface area contributed by atoms with E-state index in [1.807, 2.05) is 17.9 Å². The Morgan fingerprint density at radius 2 is 2.04 bits per heavy atom. The van der Waals surface area contributed by atoms with Crippen LogP contribution in [0.3, 0.4) is 0 Å². The maximum atomic E-state index is 13.4. The number of aromatic amines is 1. The van der Waals surface area contributed by atoms with Crippen LogP contribution in [0.4, 0.5) is 5.82 Å². The minimum Gasteiger partial charge on any atom is -0.377 e. The summed E-state index contributed by atoms with van der Waals surface area (Å²) in [6.45, 7) is 5.22. The van der Waals surface area contributed by atoms with Crippen molar-refractivity contribution in [3.05, 3.63) is 15.3 Å². The highest BCUT2D eigenvalue weighted by atomic mass is 127. The molecule has 2 bridgehead atoms. The van der Waals surface area contributed by atoms with Crippen molar-refractivity contribution in [2.24, 2.45) is 0 Å². The molecule has 3 atom stereocenters. The number of nitrogens with zero attached hydrogens (tertiary/aromatic N) is 4. The second-order valence-electron chi connectivity index (χ2n) is 7.52. The molecule has 0 radical (unpaired) electrons. The van der Waals surface area contributed by atoms with Gasteiger partial charge in [-0.1, -0.05) is 0 Å². The van der Waals surface area contributed by atoms with Gasteiger partial charge >= 0.3 is 0 Å². The van der Waals surface area contributed by atoms with E-state index in [1.54, 1.807) is 0 Å². The summed E-state index contributed by atoms with van der Waals surface area (Å²) in [4.78, 5) is 22.5. The summed E-state index contributed by atoms with van der Waals surface area (Å²) in [5, 5.41) is 8.15. The van der Waals surface area contributed by atoms with E-state index in [0.29, 0.717) is 43.1 Å². The Hall–Kier alpha value is -1.46. The summed E-state index contributed by atoms with van der Waals surface area (Å²) in [7, 11) is 0. The Labute approximate surface area is 170 Å². The summed E-state index contributed by atoms with van der Waals surface area (Å²) in [5.74, 6) is 0.866. The highest BCUT2D eigenvalue weighted by molar-refractivity contribution is 14.1. The van der Waals surface area contributed by atoms with Gasteiger partial charge < -0.3 is 19.3 Å². The number of aromatic nitrogens is 3. The largest absolute Gasteiger partial charge is 0.377 e. The minimum absolute atomic E-state index is 0.0272. The molecule has 3 fully saturated rings. The number of amides is 1. The van der Waals surface area contributed by atoms with Crippen molar-refractivity contribution in [3.63, 3.8) is 0 Å². The Kier molecular flexibility index (Phi) is 4.47. The van der Waals surface area contributed by atoms with E-state index in [4.69, 9.17) is 14.5 Å². The zero-order valence-corrected chi connectivity index (χ0v) is 17.3. The second kappa shape index (κ2) is 6.85. The normalized spacial score (nSPS) is 28.1. The molecule has 0 aromatic carbocycles. The standard InChI is InChI=1S/C18H22IN5O3/c1-10-7-26-5-4-23(10)18(25)13-6-14(20-17-15(13)16(19)21-22-17)24-11-2-3-12(24)9-27-8-11/h6,10-12H,2-5,7-9H2,1H3,(H,20,21,22). The van der Waals surface area contributed by atoms with E-state index in [1.165, 1.54) is 0 Å². The molecule has 3 saturated heterocycles. The third-order valence-corrected chi connectivity index (χ3v) is 6.61. The number of morpholine rings is 2. The molecule has 0 spiro atoms. The number of H-pyrrole nitrogens is 1. The van der Waals surface area contributed by atoms with Gasteiger partial charge in [0.1, 0.15) is 9.52 Å². The summed E-state index contributed by atoms with van der Waals surface area (Å²) in [5.41, 5.74) is 1.28. The lowest BCUT2D eigenvalue weighted by molar-refractivity contribution is 0.00370. The Morgan fingerprint density at radius 3 is 2.78 bits per heavy atom. The number of nitrogens with one attached hydrogen (secondary N) is 1. The third-order valence-electron chi connectivity index (χ3n) is 5.83. The summed E-state index contributed by atoms with van der Waals surface area (Å²) in [6.07, 6.45) is 2.21. The van der Waals surface area contributed by atoms with Gasteiger partial charge in [-0.05, 0) is 48.4 Å². The zero-order valence-electron chi connectivity index (χ0n) is 15.2. The Bertz CT molecular complexity index is 871. The molecule has 5 rings (SSSR count). The molecule has 9 heteroatoms. The second-order valence-corrected chi connectivity index (χ2v) is 8.60. The van der Waals surface area contributed by atoms with Gasteiger partial charge in [0.2, 0.25) is 0 Å². The van der Waals surface area contributed by atoms with E-state index in [0.717, 1.165) is 41.0 Å². The molecule has 0 aliphatic carbocycles. The molecule has 2 aromatic heterocycles. The van der Waals surface area contributed by atoms with Gasteiger partial charge in [0.15, 0.2) is 5.65 Å². The fraction of sp³-hybridized carbons (Fsp3) is 0.611. The predicted octanol–water partition coefficient (Wildman–Crippen LogP) is 1.79. The molecule has 1 amide bonds. The van der Waals surface area contributed by atoms with Crippen LogP contribution in [0.25, 0.3) is 11.0 Å². The summed E-state index contributed by atoms with van der Waals surface area (Å²) >= 11 is 2.19. The molecule has 8 nitrogen and oxygen atoms in total. The van der Waals surface area contributed by atoms with E-state index in [9.17, 15) is 4.79 Å². The van der Waals surface area contributed by atoms with Gasteiger partial charge in [-0.15, -0.1) is 0 Å². The van der Waals surface area contributed by atoms with Crippen molar-refractivity contribution < 1.29 is 14.3 Å². The zero-order chi connectivity index (χ0) is 18.5. The van der Waals surface area contributed by atoms with E-state index in [-0.39, 0.29) is 11.9 Å². The molecule has 5 heterocycles. The Morgan fingerprint density at radius 1 is 1.26 bits per heavy atom. The summed E-state index contributed by atoms with van der Waals surface area (Å²) in [6, 6.07) is 2.68. The fourth-order valence-electron chi connectivity index (χ4n) is 4.46. The molecule has 3 aliphatic heterocycles. The van der Waals surface area contributed by atoms with E-state index in [2.05, 4.69) is 37.7 Å². The first-order valence-electron chi connectivity index (χ1n) is 9.43. The molecule has 3 unspecified atom stereocenters. The van der Waals surface area contributed by atoms with E-state index >= 15 is 0 Å². The fourth-order valence-corrected chi connectivity index (χ4v) is 5.11. The predicted molar refractivity (Wildman–Crippen MR) is 108 cm³/mol. The summed E-state index contributed by atoms with van der Waals surface area (Å²) < 4.78 is 12.0. The monoisotopic (exact) mass is 483 g/mol. The van der Waals surface area contributed by atoms with E-state index < -0.39 is 0 Å². The van der Waals surface area contributed by atoms with Crippen LogP contribution in [0.1, 0.15) is 30.1 Å². The number of fused-ring (bicyclic) bond motifs is 3.